The molecule has 4 heteroatoms. The Morgan fingerprint density at radius 1 is 1.38 bits per heavy atom. The summed E-state index contributed by atoms with van der Waals surface area (Å²) in [4.78, 5) is 10.1. The molecule has 0 aromatic heterocycles. The lowest BCUT2D eigenvalue weighted by Gasteiger charge is -1.94. The van der Waals surface area contributed by atoms with Gasteiger partial charge in [-0.15, -0.1) is 0 Å². The van der Waals surface area contributed by atoms with Gasteiger partial charge in [0.25, 0.3) is 5.69 Å². The van der Waals surface area contributed by atoms with Gasteiger partial charge in [0.05, 0.1) is 4.92 Å². The van der Waals surface area contributed by atoms with Crippen molar-refractivity contribution in [2.75, 3.05) is 13.6 Å². The van der Waals surface area contributed by atoms with Gasteiger partial charge in [-0.25, -0.2) is 4.58 Å². The van der Waals surface area contributed by atoms with E-state index in [1.165, 1.54) is 17.7 Å². The third-order valence-electron chi connectivity index (χ3n) is 2.60. The maximum absolute atomic E-state index is 10.5. The molecule has 1 aliphatic rings. The Kier molecular flexibility index (Phi) is 2.81. The highest BCUT2D eigenvalue weighted by Crippen LogP contribution is 2.16. The minimum absolute atomic E-state index is 0.134. The molecule has 1 aromatic rings. The normalized spacial score (nSPS) is 17.6. The quantitative estimate of drug-likeness (QED) is 0.432. The minimum atomic E-state index is -0.383. The molecule has 16 heavy (non-hydrogen) atoms. The lowest BCUT2D eigenvalue weighted by Crippen LogP contribution is -1.97. The van der Waals surface area contributed by atoms with E-state index in [2.05, 4.69) is 16.9 Å². The Bertz CT molecular complexity index is 472. The summed E-state index contributed by atoms with van der Waals surface area (Å²) < 4.78 is 2.14. The Morgan fingerprint density at radius 3 is 2.56 bits per heavy atom. The van der Waals surface area contributed by atoms with Gasteiger partial charge in [-0.3, -0.25) is 10.1 Å². The zero-order valence-electron chi connectivity index (χ0n) is 9.09. The van der Waals surface area contributed by atoms with Crippen molar-refractivity contribution in [3.05, 3.63) is 45.5 Å². The number of hydrogen-bond acceptors (Lipinski definition) is 2. The molecule has 0 bridgehead atoms. The molecule has 0 aliphatic carbocycles. The van der Waals surface area contributed by atoms with Gasteiger partial charge in [-0.2, -0.15) is 0 Å². The number of nitro benzene ring substituents is 1. The molecule has 1 heterocycles. The van der Waals surface area contributed by atoms with Crippen molar-refractivity contribution in [1.82, 2.24) is 0 Å². The monoisotopic (exact) mass is 217 g/mol. The summed E-state index contributed by atoms with van der Waals surface area (Å²) in [5.41, 5.74) is 2.40. The van der Waals surface area contributed by atoms with E-state index in [9.17, 15) is 10.1 Å². The Balaban J connectivity index is 2.20. The summed E-state index contributed by atoms with van der Waals surface area (Å²) in [6, 6.07) is 6.62. The number of hydrogen-bond donors (Lipinski definition) is 0. The van der Waals surface area contributed by atoms with Crippen LogP contribution in [0.5, 0.6) is 0 Å². The van der Waals surface area contributed by atoms with Gasteiger partial charge < -0.3 is 0 Å². The van der Waals surface area contributed by atoms with Gasteiger partial charge in [-0.1, -0.05) is 0 Å². The van der Waals surface area contributed by atoms with Crippen LogP contribution in [-0.4, -0.2) is 29.3 Å². The summed E-state index contributed by atoms with van der Waals surface area (Å²) in [5, 5.41) is 10.5. The predicted molar refractivity (Wildman–Crippen MR) is 62.8 cm³/mol. The molecular formula is C12H13N2O2+. The van der Waals surface area contributed by atoms with E-state index in [1.807, 2.05) is 7.05 Å². The van der Waals surface area contributed by atoms with E-state index < -0.39 is 0 Å². The molecule has 82 valence electrons. The second-order valence-electron chi connectivity index (χ2n) is 3.93. The van der Waals surface area contributed by atoms with Crippen LogP contribution in [0.25, 0.3) is 6.08 Å². The molecule has 0 N–H and O–H groups in total. The maximum atomic E-state index is 10.5. The molecule has 0 spiro atoms. The highest BCUT2D eigenvalue weighted by Gasteiger charge is 2.11. The van der Waals surface area contributed by atoms with Gasteiger partial charge >= 0.3 is 0 Å². The molecule has 0 unspecified atom stereocenters. The SMILES string of the molecule is C[N+]1=C/C(=C/c2ccc([N+](=O)[O-])cc2)CC1. The first-order valence-corrected chi connectivity index (χ1v) is 5.15. The van der Waals surface area contributed by atoms with Crippen molar-refractivity contribution in [2.45, 2.75) is 6.42 Å². The summed E-state index contributed by atoms with van der Waals surface area (Å²) >= 11 is 0. The third kappa shape index (κ3) is 2.34. The van der Waals surface area contributed by atoms with Gasteiger partial charge in [0, 0.05) is 24.1 Å². The van der Waals surface area contributed by atoms with Gasteiger partial charge in [0.1, 0.15) is 13.6 Å². The van der Waals surface area contributed by atoms with Crippen LogP contribution in [0, 0.1) is 10.1 Å². The van der Waals surface area contributed by atoms with E-state index in [0.29, 0.717) is 0 Å². The molecule has 0 saturated heterocycles. The maximum Gasteiger partial charge on any atom is 0.269 e. The van der Waals surface area contributed by atoms with E-state index >= 15 is 0 Å². The Hall–Kier alpha value is -1.97. The van der Waals surface area contributed by atoms with Crippen molar-refractivity contribution < 1.29 is 9.50 Å². The van der Waals surface area contributed by atoms with Crippen LogP contribution in [0.15, 0.2) is 29.8 Å². The van der Waals surface area contributed by atoms with Gasteiger partial charge in [-0.05, 0) is 23.8 Å². The molecule has 0 amide bonds. The number of non-ortho nitro benzene ring substituents is 1. The summed E-state index contributed by atoms with van der Waals surface area (Å²) in [6.07, 6.45) is 5.20. The van der Waals surface area contributed by atoms with E-state index in [-0.39, 0.29) is 10.6 Å². The third-order valence-corrected chi connectivity index (χ3v) is 2.60. The second-order valence-corrected chi connectivity index (χ2v) is 3.93. The number of rotatable bonds is 2. The van der Waals surface area contributed by atoms with Crippen LogP contribution in [0.2, 0.25) is 0 Å². The smallest absolute Gasteiger partial charge is 0.258 e. The van der Waals surface area contributed by atoms with Crippen LogP contribution in [0.1, 0.15) is 12.0 Å². The number of nitro groups is 1. The Morgan fingerprint density at radius 2 is 2.06 bits per heavy atom. The average molecular weight is 217 g/mol. The average Bonchev–Trinajstić information content (AvgIpc) is 2.65. The zero-order chi connectivity index (χ0) is 11.5. The highest BCUT2D eigenvalue weighted by atomic mass is 16.6. The fourth-order valence-electron chi connectivity index (χ4n) is 1.73. The van der Waals surface area contributed by atoms with Gasteiger partial charge in [0.15, 0.2) is 6.21 Å². The Labute approximate surface area is 93.7 Å². The number of benzene rings is 1. The van der Waals surface area contributed by atoms with Gasteiger partial charge in [0.2, 0.25) is 0 Å². The molecule has 0 fully saturated rings. The molecule has 0 atom stereocenters. The highest BCUT2D eigenvalue weighted by molar-refractivity contribution is 5.83. The van der Waals surface area contributed by atoms with Crippen LogP contribution >= 0.6 is 0 Å². The van der Waals surface area contributed by atoms with Crippen LogP contribution in [0.4, 0.5) is 5.69 Å². The first-order chi connectivity index (χ1) is 7.65. The molecule has 0 saturated carbocycles. The fraction of sp³-hybridized carbons (Fsp3) is 0.250. The molecule has 0 radical (unpaired) electrons. The van der Waals surface area contributed by atoms with Crippen LogP contribution in [0.3, 0.4) is 0 Å². The fourth-order valence-corrected chi connectivity index (χ4v) is 1.73. The van der Waals surface area contributed by atoms with Crippen molar-refractivity contribution in [3.8, 4) is 0 Å². The van der Waals surface area contributed by atoms with Crippen LogP contribution in [-0.2, 0) is 0 Å². The van der Waals surface area contributed by atoms with E-state index in [1.54, 1.807) is 12.1 Å². The van der Waals surface area contributed by atoms with E-state index in [4.69, 9.17) is 0 Å². The zero-order valence-corrected chi connectivity index (χ0v) is 9.09. The predicted octanol–water partition coefficient (Wildman–Crippen LogP) is 2.09. The largest absolute Gasteiger partial charge is 0.269 e. The molecular weight excluding hydrogens is 204 g/mol. The summed E-state index contributed by atoms with van der Waals surface area (Å²) in [5.74, 6) is 0. The summed E-state index contributed by atoms with van der Waals surface area (Å²) in [6.45, 7) is 1.04. The first kappa shape index (κ1) is 10.5. The lowest BCUT2D eigenvalue weighted by molar-refractivity contribution is -0.484. The minimum Gasteiger partial charge on any atom is -0.258 e. The topological polar surface area (TPSA) is 46.1 Å². The van der Waals surface area contributed by atoms with Crippen molar-refractivity contribution in [2.24, 2.45) is 0 Å². The van der Waals surface area contributed by atoms with Crippen molar-refractivity contribution in [3.63, 3.8) is 0 Å². The molecule has 4 nitrogen and oxygen atoms in total. The van der Waals surface area contributed by atoms with Crippen LogP contribution < -0.4 is 0 Å². The van der Waals surface area contributed by atoms with E-state index in [0.717, 1.165) is 18.5 Å². The molecule has 1 aliphatic heterocycles. The lowest BCUT2D eigenvalue weighted by atomic mass is 10.1. The first-order valence-electron chi connectivity index (χ1n) is 5.15. The molecule has 2 rings (SSSR count). The van der Waals surface area contributed by atoms with Crippen molar-refractivity contribution in [1.29, 1.82) is 0 Å². The molecule has 1 aromatic carbocycles. The number of nitrogens with zero attached hydrogens (tertiary/aromatic N) is 2. The second kappa shape index (κ2) is 4.26. The summed E-state index contributed by atoms with van der Waals surface area (Å²) in [7, 11) is 2.04. The van der Waals surface area contributed by atoms with Crippen molar-refractivity contribution >= 4 is 18.0 Å². The standard InChI is InChI=1S/C12H13N2O2/c1-13-7-6-11(9-13)8-10-2-4-12(5-3-10)14(15)16/h2-5,8-9H,6-7H2,1H3/q+1/b11-8+.